The van der Waals surface area contributed by atoms with E-state index in [0.29, 0.717) is 12.8 Å². The molecule has 0 aromatic carbocycles. The van der Waals surface area contributed by atoms with Crippen molar-refractivity contribution in [2.75, 3.05) is 20.8 Å². The average Bonchev–Trinajstić information content (AvgIpc) is 2.67. The van der Waals surface area contributed by atoms with Crippen LogP contribution in [0.15, 0.2) is 11.9 Å². The molecule has 0 saturated carbocycles. The predicted octanol–water partition coefficient (Wildman–Crippen LogP) is 4.32. The van der Waals surface area contributed by atoms with E-state index >= 15 is 0 Å². The third-order valence-electron chi connectivity index (χ3n) is 4.29. The second-order valence-electron chi connectivity index (χ2n) is 7.15. The van der Waals surface area contributed by atoms with Gasteiger partial charge in [0, 0.05) is 38.1 Å². The highest BCUT2D eigenvalue weighted by Crippen LogP contribution is 2.50. The van der Waals surface area contributed by atoms with E-state index in [1.807, 2.05) is 0 Å². The molecule has 2 radical (unpaired) electrons. The number of nitrogens with zero attached hydrogens (tertiary/aromatic N) is 2. The maximum absolute atomic E-state index is 12.3. The lowest BCUT2D eigenvalue weighted by Crippen LogP contribution is -2.41. The number of rotatable bonds is 12. The van der Waals surface area contributed by atoms with E-state index in [1.54, 1.807) is 6.08 Å². The molecule has 2 unspecified atom stereocenters. The van der Waals surface area contributed by atoms with Crippen LogP contribution < -0.4 is 0 Å². The smallest absolute Gasteiger partial charge is 0.353 e. The first-order valence-corrected chi connectivity index (χ1v) is 12.5. The summed E-state index contributed by atoms with van der Waals surface area (Å²) < 4.78 is 42.6. The van der Waals surface area contributed by atoms with Crippen molar-refractivity contribution in [2.24, 2.45) is 0 Å². The van der Waals surface area contributed by atoms with Crippen LogP contribution >= 0.6 is 16.1 Å². The van der Waals surface area contributed by atoms with Gasteiger partial charge in [-0.3, -0.25) is 4.57 Å². The standard InChI is InChI=1S/C18H33BN2O6P2/c1-14(2)21(15(3)4)28(25-12-7-11-20)27-17-8-9-18(19)26-16(17)10-13-29(22,23-5)24-6/h10,13-18H,7-9,12H2,1-6H3/b13-10+/t16-,17?,18-,28?/m1/s1. The van der Waals surface area contributed by atoms with Crippen LogP contribution in [0.1, 0.15) is 47.0 Å². The predicted molar refractivity (Wildman–Crippen MR) is 114 cm³/mol. The van der Waals surface area contributed by atoms with Crippen molar-refractivity contribution in [3.8, 4) is 6.07 Å². The normalized spacial score (nSPS) is 24.5. The third-order valence-corrected chi connectivity index (χ3v) is 8.00. The molecule has 4 atom stereocenters. The van der Waals surface area contributed by atoms with Crippen molar-refractivity contribution in [3.63, 3.8) is 0 Å². The topological polar surface area (TPSA) is 90.3 Å². The molecule has 8 nitrogen and oxygen atoms in total. The zero-order valence-corrected chi connectivity index (χ0v) is 20.0. The Kier molecular flexibility index (Phi) is 12.2. The van der Waals surface area contributed by atoms with Crippen molar-refractivity contribution in [1.29, 1.82) is 5.26 Å². The van der Waals surface area contributed by atoms with E-state index in [1.165, 1.54) is 20.0 Å². The lowest BCUT2D eigenvalue weighted by molar-refractivity contribution is -0.0588. The lowest BCUT2D eigenvalue weighted by atomic mass is 9.89. The van der Waals surface area contributed by atoms with Crippen LogP contribution in [-0.2, 0) is 27.4 Å². The Bertz CT molecular complexity index is 585. The first kappa shape index (κ1) is 26.7. The Labute approximate surface area is 177 Å². The molecule has 1 heterocycles. The molecule has 11 heteroatoms. The summed E-state index contributed by atoms with van der Waals surface area (Å²) in [4.78, 5) is 0. The maximum Gasteiger partial charge on any atom is 0.353 e. The van der Waals surface area contributed by atoms with Gasteiger partial charge in [-0.15, -0.1) is 0 Å². The molecular weight excluding hydrogens is 413 g/mol. The van der Waals surface area contributed by atoms with Crippen molar-refractivity contribution in [3.05, 3.63) is 11.9 Å². The van der Waals surface area contributed by atoms with Crippen molar-refractivity contribution in [2.45, 2.75) is 77.3 Å². The van der Waals surface area contributed by atoms with Gasteiger partial charge < -0.3 is 22.8 Å². The summed E-state index contributed by atoms with van der Waals surface area (Å²) in [7, 11) is 3.85. The summed E-state index contributed by atoms with van der Waals surface area (Å²) in [6, 6.07) is 2.02. The molecule has 1 aliphatic heterocycles. The molecule has 0 bridgehead atoms. The van der Waals surface area contributed by atoms with Crippen molar-refractivity contribution in [1.82, 2.24) is 4.67 Å². The Balaban J connectivity index is 3.03. The Morgan fingerprint density at radius 3 is 2.41 bits per heavy atom. The van der Waals surface area contributed by atoms with Crippen LogP contribution in [0.3, 0.4) is 0 Å². The quantitative estimate of drug-likeness (QED) is 0.249. The Morgan fingerprint density at radius 2 is 1.90 bits per heavy atom. The first-order chi connectivity index (χ1) is 13.7. The van der Waals surface area contributed by atoms with Gasteiger partial charge in [0.1, 0.15) is 14.0 Å². The van der Waals surface area contributed by atoms with Gasteiger partial charge >= 0.3 is 7.60 Å². The van der Waals surface area contributed by atoms with E-state index in [-0.39, 0.29) is 31.2 Å². The summed E-state index contributed by atoms with van der Waals surface area (Å²) in [5.41, 5.74) is 0. The zero-order valence-electron chi connectivity index (χ0n) is 18.2. The van der Waals surface area contributed by atoms with Crippen LogP contribution in [0, 0.1) is 11.3 Å². The minimum absolute atomic E-state index is 0.186. The Morgan fingerprint density at radius 1 is 1.28 bits per heavy atom. The van der Waals surface area contributed by atoms with Crippen LogP contribution in [0.2, 0.25) is 0 Å². The summed E-state index contributed by atoms with van der Waals surface area (Å²) in [5.74, 6) is 1.37. The number of hydrogen-bond acceptors (Lipinski definition) is 8. The molecule has 1 aliphatic rings. The molecule has 0 aliphatic carbocycles. The summed E-state index contributed by atoms with van der Waals surface area (Å²) >= 11 is 0. The van der Waals surface area contributed by atoms with Gasteiger partial charge in [0.15, 0.2) is 0 Å². The minimum atomic E-state index is -3.33. The van der Waals surface area contributed by atoms with Crippen LogP contribution in [-0.4, -0.2) is 63.6 Å². The van der Waals surface area contributed by atoms with E-state index < -0.39 is 28.2 Å². The van der Waals surface area contributed by atoms with Gasteiger partial charge in [0.2, 0.25) is 0 Å². The van der Waals surface area contributed by atoms with Crippen LogP contribution in [0.5, 0.6) is 0 Å². The van der Waals surface area contributed by atoms with Crippen LogP contribution in [0.25, 0.3) is 0 Å². The highest BCUT2D eigenvalue weighted by atomic mass is 31.2. The summed E-state index contributed by atoms with van der Waals surface area (Å²) in [6.07, 6.45) is 2.32. The van der Waals surface area contributed by atoms with Gasteiger partial charge in [-0.25, -0.2) is 4.67 Å². The van der Waals surface area contributed by atoms with Gasteiger partial charge in [0.25, 0.3) is 8.53 Å². The molecule has 0 aromatic rings. The zero-order chi connectivity index (χ0) is 22.0. The van der Waals surface area contributed by atoms with E-state index in [2.05, 4.69) is 38.4 Å². The highest BCUT2D eigenvalue weighted by molar-refractivity contribution is 7.57. The van der Waals surface area contributed by atoms with Crippen molar-refractivity contribution < 1.29 is 27.4 Å². The molecule has 0 amide bonds. The monoisotopic (exact) mass is 446 g/mol. The highest BCUT2D eigenvalue weighted by Gasteiger charge is 2.35. The molecule has 1 fully saturated rings. The average molecular weight is 446 g/mol. The first-order valence-electron chi connectivity index (χ1n) is 9.74. The SMILES string of the molecule is [B][C@H]1CCC(OP(OCCC#N)N(C(C)C)C(C)C)[C@@H](/C=C/P(=O)(OC)OC)O1. The van der Waals surface area contributed by atoms with Gasteiger partial charge in [-0.05, 0) is 46.6 Å². The van der Waals surface area contributed by atoms with Gasteiger partial charge in [-0.2, -0.15) is 5.26 Å². The van der Waals surface area contributed by atoms with Crippen LogP contribution in [0.4, 0.5) is 0 Å². The molecule has 164 valence electrons. The second kappa shape index (κ2) is 13.2. The lowest BCUT2D eigenvalue weighted by Gasteiger charge is -2.40. The third kappa shape index (κ3) is 8.77. The Hall–Kier alpha value is -0.285. The fourth-order valence-corrected chi connectivity index (χ4v) is 5.46. The molecule has 1 saturated heterocycles. The minimum Gasteiger partial charge on any atom is -0.378 e. The number of ether oxygens (including phenoxy) is 1. The summed E-state index contributed by atoms with van der Waals surface area (Å²) in [5, 5.41) is 8.85. The molecule has 0 aromatic heterocycles. The van der Waals surface area contributed by atoms with Gasteiger partial charge in [-0.1, -0.05) is 0 Å². The maximum atomic E-state index is 12.3. The molecule has 0 spiro atoms. The van der Waals surface area contributed by atoms with Crippen molar-refractivity contribution >= 4 is 24.0 Å². The second-order valence-corrected chi connectivity index (χ2v) is 10.7. The fourth-order valence-electron chi connectivity index (χ4n) is 2.93. The van der Waals surface area contributed by atoms with E-state index in [9.17, 15) is 4.57 Å². The fraction of sp³-hybridized carbons (Fsp3) is 0.833. The molecular formula is C18H33BN2O6P2. The molecule has 0 N–H and O–H groups in total. The molecule has 1 rings (SSSR count). The summed E-state index contributed by atoms with van der Waals surface area (Å²) in [6.45, 7) is 8.58. The van der Waals surface area contributed by atoms with Gasteiger partial charge in [0.05, 0.1) is 25.2 Å². The largest absolute Gasteiger partial charge is 0.378 e. The number of nitriles is 1. The van der Waals surface area contributed by atoms with E-state index in [4.69, 9.17) is 35.9 Å². The van der Waals surface area contributed by atoms with E-state index in [0.717, 1.165) is 0 Å². The molecule has 29 heavy (non-hydrogen) atoms. The number of hydrogen-bond donors (Lipinski definition) is 0.